The summed E-state index contributed by atoms with van der Waals surface area (Å²) >= 11 is 0. The molecule has 0 fully saturated rings. The Balaban J connectivity index is 3.74. The van der Waals surface area contributed by atoms with Gasteiger partial charge in [-0.3, -0.25) is 0 Å². The number of rotatable bonds is 7. The van der Waals surface area contributed by atoms with Crippen molar-refractivity contribution in [2.24, 2.45) is 0 Å². The molecule has 0 heterocycles. The van der Waals surface area contributed by atoms with Gasteiger partial charge in [-0.25, -0.2) is 13.2 Å². The maximum atomic E-state index is 11.1. The lowest BCUT2D eigenvalue weighted by Gasteiger charge is -2.02. The largest absolute Gasteiger partial charge is 0.478 e. The molecule has 0 saturated heterocycles. The van der Waals surface area contributed by atoms with Gasteiger partial charge in [0, 0.05) is 24.4 Å². The molecule has 6 heteroatoms. The lowest BCUT2D eigenvalue weighted by atomic mass is 10.3. The van der Waals surface area contributed by atoms with E-state index in [4.69, 9.17) is 5.11 Å². The Bertz CT molecular complexity index is 332. The van der Waals surface area contributed by atoms with Crippen LogP contribution >= 0.6 is 0 Å². The van der Waals surface area contributed by atoms with Gasteiger partial charge in [0.25, 0.3) is 0 Å². The molecule has 0 rings (SSSR count). The van der Waals surface area contributed by atoms with Crippen LogP contribution in [0.2, 0.25) is 0 Å². The standard InChI is InChI=1S/C9H17NO4S/c1-3-15(13,14)7-6-10-5-4-8(2)9(11)12/h4,10H,3,5-7H2,1-2H3,(H,11,12)/b8-4-. The van der Waals surface area contributed by atoms with Gasteiger partial charge in [-0.05, 0) is 6.92 Å². The minimum atomic E-state index is -2.94. The second-order valence-corrected chi connectivity index (χ2v) is 5.61. The highest BCUT2D eigenvalue weighted by atomic mass is 32.2. The molecule has 0 aromatic heterocycles. The molecule has 0 radical (unpaired) electrons. The van der Waals surface area contributed by atoms with E-state index in [0.717, 1.165) is 0 Å². The van der Waals surface area contributed by atoms with E-state index in [1.54, 1.807) is 6.92 Å². The van der Waals surface area contributed by atoms with Crippen LogP contribution in [0.25, 0.3) is 0 Å². The average Bonchev–Trinajstić information content (AvgIpc) is 2.16. The average molecular weight is 235 g/mol. The molecule has 88 valence electrons. The van der Waals surface area contributed by atoms with E-state index in [1.807, 2.05) is 0 Å². The fourth-order valence-electron chi connectivity index (χ4n) is 0.787. The predicted molar refractivity (Wildman–Crippen MR) is 58.6 cm³/mol. The van der Waals surface area contributed by atoms with Crippen LogP contribution in [0.5, 0.6) is 0 Å². The second kappa shape index (κ2) is 6.58. The summed E-state index contributed by atoms with van der Waals surface area (Å²) in [5.41, 5.74) is 0.251. The Morgan fingerprint density at radius 3 is 2.53 bits per heavy atom. The van der Waals surface area contributed by atoms with E-state index in [1.165, 1.54) is 13.0 Å². The highest BCUT2D eigenvalue weighted by molar-refractivity contribution is 7.91. The summed E-state index contributed by atoms with van der Waals surface area (Å²) in [5.74, 6) is -0.736. The third kappa shape index (κ3) is 7.10. The molecule has 0 aliphatic carbocycles. The van der Waals surface area contributed by atoms with Crippen molar-refractivity contribution in [1.29, 1.82) is 0 Å². The highest BCUT2D eigenvalue weighted by Crippen LogP contribution is 1.90. The number of nitrogens with one attached hydrogen (secondary N) is 1. The number of sulfone groups is 1. The first-order chi connectivity index (χ1) is 6.89. The van der Waals surface area contributed by atoms with Crippen LogP contribution in [0.4, 0.5) is 0 Å². The van der Waals surface area contributed by atoms with Crippen LogP contribution in [-0.2, 0) is 14.6 Å². The molecule has 0 aliphatic heterocycles. The van der Waals surface area contributed by atoms with E-state index in [-0.39, 0.29) is 17.1 Å². The van der Waals surface area contributed by atoms with Gasteiger partial charge in [0.15, 0.2) is 9.84 Å². The smallest absolute Gasteiger partial charge is 0.330 e. The molecule has 0 aromatic carbocycles. The topological polar surface area (TPSA) is 83.5 Å². The van der Waals surface area contributed by atoms with Crippen molar-refractivity contribution in [3.8, 4) is 0 Å². The van der Waals surface area contributed by atoms with Crippen molar-refractivity contribution < 1.29 is 18.3 Å². The fraction of sp³-hybridized carbons (Fsp3) is 0.667. The summed E-state index contributed by atoms with van der Waals surface area (Å²) in [6, 6.07) is 0. The van der Waals surface area contributed by atoms with Crippen LogP contribution in [-0.4, -0.2) is 44.1 Å². The lowest BCUT2D eigenvalue weighted by molar-refractivity contribution is -0.132. The van der Waals surface area contributed by atoms with Gasteiger partial charge in [0.2, 0.25) is 0 Å². The number of aliphatic carboxylic acids is 1. The fourth-order valence-corrected chi connectivity index (χ4v) is 1.53. The summed E-state index contributed by atoms with van der Waals surface area (Å²) in [4.78, 5) is 10.4. The van der Waals surface area contributed by atoms with E-state index < -0.39 is 15.8 Å². The molecular formula is C9H17NO4S. The van der Waals surface area contributed by atoms with Crippen molar-refractivity contribution in [3.63, 3.8) is 0 Å². The van der Waals surface area contributed by atoms with Crippen LogP contribution in [0, 0.1) is 0 Å². The van der Waals surface area contributed by atoms with E-state index in [2.05, 4.69) is 5.32 Å². The van der Waals surface area contributed by atoms with E-state index in [9.17, 15) is 13.2 Å². The van der Waals surface area contributed by atoms with Crippen molar-refractivity contribution in [2.45, 2.75) is 13.8 Å². The lowest BCUT2D eigenvalue weighted by Crippen LogP contribution is -2.24. The molecule has 0 spiro atoms. The number of carboxylic acids is 1. The van der Waals surface area contributed by atoms with Crippen LogP contribution in [0.3, 0.4) is 0 Å². The first-order valence-corrected chi connectivity index (χ1v) is 6.52. The minimum absolute atomic E-state index is 0.0868. The van der Waals surface area contributed by atoms with Gasteiger partial charge in [-0.2, -0.15) is 0 Å². The Morgan fingerprint density at radius 2 is 2.07 bits per heavy atom. The molecule has 5 nitrogen and oxygen atoms in total. The zero-order valence-electron chi connectivity index (χ0n) is 8.99. The van der Waals surface area contributed by atoms with E-state index >= 15 is 0 Å². The van der Waals surface area contributed by atoms with Crippen molar-refractivity contribution in [2.75, 3.05) is 24.6 Å². The normalized spacial score (nSPS) is 12.8. The first kappa shape index (κ1) is 14.1. The molecule has 0 atom stereocenters. The molecule has 0 aromatic rings. The maximum absolute atomic E-state index is 11.1. The quantitative estimate of drug-likeness (QED) is 0.481. The van der Waals surface area contributed by atoms with Gasteiger partial charge in [0.1, 0.15) is 0 Å². The third-order valence-electron chi connectivity index (χ3n) is 1.92. The Kier molecular flexibility index (Phi) is 6.19. The summed E-state index contributed by atoms with van der Waals surface area (Å²) in [5, 5.41) is 11.4. The Morgan fingerprint density at radius 1 is 1.47 bits per heavy atom. The molecule has 15 heavy (non-hydrogen) atoms. The van der Waals surface area contributed by atoms with Gasteiger partial charge < -0.3 is 10.4 Å². The molecule has 0 saturated carbocycles. The molecular weight excluding hydrogens is 218 g/mol. The summed E-state index contributed by atoms with van der Waals surface area (Å²) in [7, 11) is -2.94. The molecule has 2 N–H and O–H groups in total. The SMILES string of the molecule is CCS(=O)(=O)CCNC/C=C(/C)C(=O)O. The Hall–Kier alpha value is -0.880. The van der Waals surface area contributed by atoms with Crippen molar-refractivity contribution >= 4 is 15.8 Å². The number of carbonyl (C=O) groups is 1. The third-order valence-corrected chi connectivity index (χ3v) is 3.63. The number of hydrogen-bond donors (Lipinski definition) is 2. The summed E-state index contributed by atoms with van der Waals surface area (Å²) < 4.78 is 22.1. The Labute approximate surface area is 90.1 Å². The van der Waals surface area contributed by atoms with Crippen LogP contribution in [0.15, 0.2) is 11.6 Å². The second-order valence-electron chi connectivity index (χ2n) is 3.13. The predicted octanol–water partition coefficient (Wildman–Crippen LogP) is 0.0416. The van der Waals surface area contributed by atoms with Gasteiger partial charge in [-0.15, -0.1) is 0 Å². The molecule has 0 unspecified atom stereocenters. The molecule has 0 amide bonds. The van der Waals surface area contributed by atoms with Crippen molar-refractivity contribution in [3.05, 3.63) is 11.6 Å². The zero-order chi connectivity index (χ0) is 11.9. The summed E-state index contributed by atoms with van der Waals surface area (Å²) in [6.07, 6.45) is 1.51. The highest BCUT2D eigenvalue weighted by Gasteiger charge is 2.05. The monoisotopic (exact) mass is 235 g/mol. The first-order valence-electron chi connectivity index (χ1n) is 4.70. The maximum Gasteiger partial charge on any atom is 0.330 e. The van der Waals surface area contributed by atoms with Crippen LogP contribution in [0.1, 0.15) is 13.8 Å². The number of hydrogen-bond acceptors (Lipinski definition) is 4. The molecule has 0 aliphatic rings. The van der Waals surface area contributed by atoms with Gasteiger partial charge in [0.05, 0.1) is 5.75 Å². The van der Waals surface area contributed by atoms with E-state index in [0.29, 0.717) is 13.1 Å². The summed E-state index contributed by atoms with van der Waals surface area (Å²) in [6.45, 7) is 3.81. The minimum Gasteiger partial charge on any atom is -0.478 e. The van der Waals surface area contributed by atoms with Gasteiger partial charge >= 0.3 is 5.97 Å². The van der Waals surface area contributed by atoms with Crippen molar-refractivity contribution in [1.82, 2.24) is 5.32 Å². The number of carboxylic acid groups (broad SMARTS) is 1. The molecule has 0 bridgehead atoms. The zero-order valence-corrected chi connectivity index (χ0v) is 9.80. The van der Waals surface area contributed by atoms with Gasteiger partial charge in [-0.1, -0.05) is 13.0 Å². The van der Waals surface area contributed by atoms with Crippen LogP contribution < -0.4 is 5.32 Å².